The summed E-state index contributed by atoms with van der Waals surface area (Å²) in [6.07, 6.45) is -4.63. The number of anilines is 1. The third-order valence-corrected chi connectivity index (χ3v) is 5.28. The van der Waals surface area contributed by atoms with Crippen molar-refractivity contribution in [1.29, 1.82) is 0 Å². The number of carbonyl (C=O) groups is 1. The third kappa shape index (κ3) is 4.89. The monoisotopic (exact) mass is 422 g/mol. The molecular weight excluding hydrogens is 405 g/mol. The van der Waals surface area contributed by atoms with Crippen LogP contribution >= 0.6 is 11.8 Å². The van der Waals surface area contributed by atoms with E-state index >= 15 is 0 Å². The van der Waals surface area contributed by atoms with E-state index < -0.39 is 23.2 Å². The van der Waals surface area contributed by atoms with Crippen molar-refractivity contribution in [2.45, 2.75) is 16.6 Å². The maximum Gasteiger partial charge on any atom is 0.451 e. The molecule has 10 heteroatoms. The highest BCUT2D eigenvalue weighted by Crippen LogP contribution is 2.37. The first-order chi connectivity index (χ1) is 13.8. The van der Waals surface area contributed by atoms with E-state index in [4.69, 9.17) is 4.74 Å². The summed E-state index contributed by atoms with van der Waals surface area (Å²) in [5.74, 6) is -0.971. The summed E-state index contributed by atoms with van der Waals surface area (Å²) in [4.78, 5) is 13.0. The Morgan fingerprint density at radius 2 is 1.86 bits per heavy atom. The van der Waals surface area contributed by atoms with Gasteiger partial charge >= 0.3 is 6.18 Å². The molecule has 3 rings (SSSR count). The second kappa shape index (κ2) is 8.56. The number of methoxy groups -OCH3 is 1. The van der Waals surface area contributed by atoms with E-state index in [-0.39, 0.29) is 5.16 Å². The minimum Gasteiger partial charge on any atom is -0.497 e. The average Bonchev–Trinajstić information content (AvgIpc) is 3.07. The Kier molecular flexibility index (Phi) is 6.12. The number of amides is 1. The molecule has 2 aromatic carbocycles. The summed E-state index contributed by atoms with van der Waals surface area (Å²) in [7, 11) is 2.73. The van der Waals surface area contributed by atoms with Crippen LogP contribution < -0.4 is 10.1 Å². The smallest absolute Gasteiger partial charge is 0.451 e. The number of ether oxygens (including phenoxy) is 1. The second-order valence-electron chi connectivity index (χ2n) is 5.99. The van der Waals surface area contributed by atoms with Crippen LogP contribution in [0.15, 0.2) is 59.8 Å². The molecule has 0 saturated heterocycles. The van der Waals surface area contributed by atoms with E-state index in [1.165, 1.54) is 14.2 Å². The summed E-state index contributed by atoms with van der Waals surface area (Å²) in [5, 5.41) is 8.75. The van der Waals surface area contributed by atoms with E-state index in [1.54, 1.807) is 54.6 Å². The number of hydrogen-bond donors (Lipinski definition) is 1. The number of carbonyl (C=O) groups excluding carboxylic acids is 1. The first-order valence-corrected chi connectivity index (χ1v) is 9.30. The highest BCUT2D eigenvalue weighted by atomic mass is 32.2. The molecule has 152 valence electrons. The van der Waals surface area contributed by atoms with Gasteiger partial charge < -0.3 is 14.6 Å². The van der Waals surface area contributed by atoms with Crippen LogP contribution in [0.4, 0.5) is 18.9 Å². The highest BCUT2D eigenvalue weighted by Gasteiger charge is 2.38. The van der Waals surface area contributed by atoms with Crippen LogP contribution in [-0.4, -0.2) is 27.8 Å². The number of hydrogen-bond acceptors (Lipinski definition) is 5. The SMILES string of the molecule is COc1cccc(NC(=O)[C@@H](Sc2nnc(C(F)(F)F)n2C)c2ccccc2)c1. The van der Waals surface area contributed by atoms with Gasteiger partial charge in [-0.05, 0) is 17.7 Å². The summed E-state index contributed by atoms with van der Waals surface area (Å²) < 4.78 is 45.0. The van der Waals surface area contributed by atoms with Crippen LogP contribution in [0.3, 0.4) is 0 Å². The van der Waals surface area contributed by atoms with E-state index in [2.05, 4.69) is 15.5 Å². The van der Waals surface area contributed by atoms with E-state index in [0.29, 0.717) is 17.0 Å². The van der Waals surface area contributed by atoms with Gasteiger partial charge in [0.1, 0.15) is 11.0 Å². The fraction of sp³-hybridized carbons (Fsp3) is 0.211. The van der Waals surface area contributed by atoms with Crippen molar-refractivity contribution >= 4 is 23.4 Å². The normalized spacial score (nSPS) is 12.4. The zero-order chi connectivity index (χ0) is 21.0. The van der Waals surface area contributed by atoms with Crippen molar-refractivity contribution in [3.63, 3.8) is 0 Å². The van der Waals surface area contributed by atoms with Gasteiger partial charge in [-0.3, -0.25) is 4.79 Å². The quantitative estimate of drug-likeness (QED) is 0.600. The van der Waals surface area contributed by atoms with Gasteiger partial charge in [0.25, 0.3) is 0 Å². The van der Waals surface area contributed by atoms with Crippen molar-refractivity contribution in [3.05, 3.63) is 66.0 Å². The third-order valence-electron chi connectivity index (χ3n) is 3.99. The highest BCUT2D eigenvalue weighted by molar-refractivity contribution is 8.00. The number of halogens is 3. The molecule has 0 aliphatic rings. The lowest BCUT2D eigenvalue weighted by Gasteiger charge is -2.17. The van der Waals surface area contributed by atoms with Gasteiger partial charge in [-0.2, -0.15) is 13.2 Å². The molecule has 0 saturated carbocycles. The van der Waals surface area contributed by atoms with Crippen LogP contribution in [0.25, 0.3) is 0 Å². The lowest BCUT2D eigenvalue weighted by Crippen LogP contribution is -2.20. The number of rotatable bonds is 6. The van der Waals surface area contributed by atoms with Crippen molar-refractivity contribution in [1.82, 2.24) is 14.8 Å². The van der Waals surface area contributed by atoms with E-state index in [1.807, 2.05) is 0 Å². The standard InChI is InChI=1S/C19H17F3N4O2S/c1-26-17(19(20,21)22)24-25-18(26)29-15(12-7-4-3-5-8-12)16(27)23-13-9-6-10-14(11-13)28-2/h3-11,15H,1-2H3,(H,23,27)/t15-/m0/s1. The van der Waals surface area contributed by atoms with Crippen LogP contribution in [0.1, 0.15) is 16.6 Å². The molecule has 0 fully saturated rings. The van der Waals surface area contributed by atoms with Crippen LogP contribution in [-0.2, 0) is 18.0 Å². The Labute approximate surface area is 169 Å². The molecule has 1 N–H and O–H groups in total. The number of alkyl halides is 3. The summed E-state index contributed by atoms with van der Waals surface area (Å²) in [5.41, 5.74) is 1.12. The van der Waals surface area contributed by atoms with Crippen LogP contribution in [0, 0.1) is 0 Å². The fourth-order valence-electron chi connectivity index (χ4n) is 2.58. The maximum atomic E-state index is 13.0. The van der Waals surface area contributed by atoms with Gasteiger partial charge in [0.2, 0.25) is 11.7 Å². The Balaban J connectivity index is 1.89. The van der Waals surface area contributed by atoms with Gasteiger partial charge in [-0.15, -0.1) is 10.2 Å². The number of nitrogens with zero attached hydrogens (tertiary/aromatic N) is 3. The molecule has 0 spiro atoms. The van der Waals surface area contributed by atoms with Crippen LogP contribution in [0.5, 0.6) is 5.75 Å². The molecule has 1 aromatic heterocycles. The van der Waals surface area contributed by atoms with Gasteiger partial charge in [-0.1, -0.05) is 48.2 Å². The van der Waals surface area contributed by atoms with E-state index in [9.17, 15) is 18.0 Å². The van der Waals surface area contributed by atoms with Crippen LogP contribution in [0.2, 0.25) is 0 Å². The maximum absolute atomic E-state index is 13.0. The molecular formula is C19H17F3N4O2S. The second-order valence-corrected chi connectivity index (χ2v) is 7.06. The average molecular weight is 422 g/mol. The van der Waals surface area contributed by atoms with Crippen molar-refractivity contribution in [3.8, 4) is 5.75 Å². The predicted molar refractivity (Wildman–Crippen MR) is 103 cm³/mol. The molecule has 0 bridgehead atoms. The zero-order valence-corrected chi connectivity index (χ0v) is 16.3. The molecule has 1 heterocycles. The first-order valence-electron chi connectivity index (χ1n) is 8.42. The first kappa shape index (κ1) is 20.7. The largest absolute Gasteiger partial charge is 0.497 e. The minimum absolute atomic E-state index is 0.0213. The lowest BCUT2D eigenvalue weighted by atomic mass is 10.1. The predicted octanol–water partition coefficient (Wildman–Crippen LogP) is 4.31. The molecule has 0 aliphatic carbocycles. The molecule has 3 aromatic rings. The molecule has 0 unspecified atom stereocenters. The fourth-order valence-corrected chi connectivity index (χ4v) is 3.58. The topological polar surface area (TPSA) is 69.0 Å². The van der Waals surface area contributed by atoms with Gasteiger partial charge in [0.05, 0.1) is 7.11 Å². The number of benzene rings is 2. The minimum atomic E-state index is -4.63. The zero-order valence-electron chi connectivity index (χ0n) is 15.5. The number of aromatic nitrogens is 3. The number of thioether (sulfide) groups is 1. The Bertz CT molecular complexity index is 993. The summed E-state index contributed by atoms with van der Waals surface area (Å²) in [6.45, 7) is 0. The van der Waals surface area contributed by atoms with Crippen molar-refractivity contribution < 1.29 is 22.7 Å². The molecule has 0 radical (unpaired) electrons. The van der Waals surface area contributed by atoms with E-state index in [0.717, 1.165) is 16.3 Å². The summed E-state index contributed by atoms with van der Waals surface area (Å²) in [6, 6.07) is 15.5. The van der Waals surface area contributed by atoms with Gasteiger partial charge in [0, 0.05) is 18.8 Å². The van der Waals surface area contributed by atoms with Gasteiger partial charge in [0.15, 0.2) is 5.16 Å². The Morgan fingerprint density at radius 1 is 1.14 bits per heavy atom. The van der Waals surface area contributed by atoms with Crippen molar-refractivity contribution in [2.24, 2.45) is 7.05 Å². The Hall–Kier alpha value is -3.01. The summed E-state index contributed by atoms with van der Waals surface area (Å²) >= 11 is 0.889. The molecule has 6 nitrogen and oxygen atoms in total. The molecule has 0 aliphatic heterocycles. The Morgan fingerprint density at radius 3 is 2.48 bits per heavy atom. The lowest BCUT2D eigenvalue weighted by molar-refractivity contribution is -0.147. The molecule has 1 atom stereocenters. The van der Waals surface area contributed by atoms with Gasteiger partial charge in [-0.25, -0.2) is 0 Å². The number of nitrogens with one attached hydrogen (secondary N) is 1. The molecule has 29 heavy (non-hydrogen) atoms. The molecule has 1 amide bonds. The van der Waals surface area contributed by atoms with Crippen molar-refractivity contribution in [2.75, 3.05) is 12.4 Å².